The van der Waals surface area contributed by atoms with Crippen molar-refractivity contribution in [2.75, 3.05) is 18.9 Å². The van der Waals surface area contributed by atoms with Gasteiger partial charge in [-0.3, -0.25) is 4.90 Å². The van der Waals surface area contributed by atoms with E-state index < -0.39 is 41.6 Å². The molecule has 10 nitrogen and oxygen atoms in total. The molecule has 0 aromatic rings. The van der Waals surface area contributed by atoms with Crippen LogP contribution in [0.3, 0.4) is 0 Å². The zero-order valence-corrected chi connectivity index (χ0v) is 31.5. The SMILES string of the molecule is O=P([O-])([O-])CN(CP(=O)([O-])[O-])CP(=O)([O-])[O-].[Cd+2].[K+].[K+].[K+].[K+]. The zero-order valence-electron chi connectivity index (χ0n) is 12.3. The summed E-state index contributed by atoms with van der Waals surface area (Å²) in [4.78, 5) is 61.5. The number of hydrogen-bond donors (Lipinski definition) is 0. The van der Waals surface area contributed by atoms with Crippen LogP contribution in [0, 0.1) is 0 Å². The van der Waals surface area contributed by atoms with E-state index in [-0.39, 0.29) is 238 Å². The molecule has 0 fully saturated rings. The Hall–Kier alpha value is 7.88. The summed E-state index contributed by atoms with van der Waals surface area (Å²) in [6.45, 7) is 0. The van der Waals surface area contributed by atoms with E-state index in [0.29, 0.717) is 0 Å². The first-order valence-electron chi connectivity index (χ1n) is 3.54. The van der Waals surface area contributed by atoms with Gasteiger partial charge in [-0.15, -0.1) is 0 Å². The van der Waals surface area contributed by atoms with Crippen molar-refractivity contribution in [2.45, 2.75) is 0 Å². The first kappa shape index (κ1) is 42.9. The van der Waals surface area contributed by atoms with Crippen molar-refractivity contribution in [1.82, 2.24) is 4.90 Å². The third-order valence-electron chi connectivity index (χ3n) is 1.12. The topological polar surface area (TPSA) is 193 Å². The Labute approximate surface area is 312 Å². The Kier molecular flexibility index (Phi) is 40.5. The molecule has 0 aromatic carbocycles. The molecule has 0 amide bonds. The Bertz CT molecular complexity index is 325. The van der Waals surface area contributed by atoms with Crippen molar-refractivity contribution in [3.8, 4) is 0 Å². The average molecular weight is 562 g/mol. The van der Waals surface area contributed by atoms with Crippen LogP contribution in [-0.2, 0) is 41.0 Å². The van der Waals surface area contributed by atoms with Crippen molar-refractivity contribution in [2.24, 2.45) is 0 Å². The molecule has 0 spiro atoms. The molecule has 0 bridgehead atoms. The third kappa shape index (κ3) is 35.7. The smallest absolute Gasteiger partial charge is 0.810 e. The van der Waals surface area contributed by atoms with Crippen LogP contribution >= 0.6 is 22.8 Å². The van der Waals surface area contributed by atoms with Crippen LogP contribution in [0.4, 0.5) is 0 Å². The maximum atomic E-state index is 10.3. The Morgan fingerprint density at radius 2 is 0.714 bits per heavy atom. The molecule has 0 saturated carbocycles. The monoisotopic (exact) mass is 563 g/mol. The van der Waals surface area contributed by atoms with Crippen LogP contribution in [-0.4, -0.2) is 23.8 Å². The summed E-state index contributed by atoms with van der Waals surface area (Å²) in [5, 5.41) is 0. The molecule has 98 valence electrons. The van der Waals surface area contributed by atoms with Gasteiger partial charge in [0.05, 0.1) is 0 Å². The van der Waals surface area contributed by atoms with Crippen LogP contribution in [0.15, 0.2) is 0 Å². The quantitative estimate of drug-likeness (QED) is 0.222. The molecule has 0 N–H and O–H groups in total. The Morgan fingerprint density at radius 1 is 0.571 bits per heavy atom. The first-order valence-corrected chi connectivity index (χ1v) is 8.72. The van der Waals surface area contributed by atoms with Crippen molar-refractivity contribution in [1.29, 1.82) is 0 Å². The summed E-state index contributed by atoms with van der Waals surface area (Å²) in [7, 11) is -15.8. The minimum Gasteiger partial charge on any atom is -0.810 e. The van der Waals surface area contributed by atoms with E-state index in [4.69, 9.17) is 0 Å². The Morgan fingerprint density at radius 3 is 0.810 bits per heavy atom. The first-order chi connectivity index (χ1) is 6.79. The zero-order chi connectivity index (χ0) is 13.2. The van der Waals surface area contributed by atoms with Crippen LogP contribution < -0.4 is 235 Å². The molecular weight excluding hydrogens is 556 g/mol. The molecule has 0 aliphatic heterocycles. The third-order valence-corrected chi connectivity index (χ3v) is 3.36. The van der Waals surface area contributed by atoms with Gasteiger partial charge in [-0.25, -0.2) is 0 Å². The van der Waals surface area contributed by atoms with Crippen molar-refractivity contribution >= 4 is 22.8 Å². The Balaban J connectivity index is -0.000000112. The molecule has 18 heteroatoms. The van der Waals surface area contributed by atoms with E-state index >= 15 is 0 Å². The molecular formula is C3H6CdK4NO9P3. The minimum atomic E-state index is -5.27. The van der Waals surface area contributed by atoms with Gasteiger partial charge in [0, 0.05) is 18.9 Å². The van der Waals surface area contributed by atoms with Gasteiger partial charge < -0.3 is 43.1 Å². The van der Waals surface area contributed by atoms with Crippen molar-refractivity contribution < 1.29 is 276 Å². The van der Waals surface area contributed by atoms with E-state index in [9.17, 15) is 43.1 Å². The van der Waals surface area contributed by atoms with Crippen LogP contribution in [0.1, 0.15) is 0 Å². The van der Waals surface area contributed by atoms with Gasteiger partial charge in [0.15, 0.2) is 0 Å². The standard InChI is InChI=1S/C3H12NO9P3.Cd.4K/c5-14(6,7)1-4(2-15(8,9)10)3-16(11,12)13;;;;;/h1-3H2,(H2,5,6,7)(H2,8,9,10)(H2,11,12,13);;;;;/q;+2;4*+1/p-6. The van der Waals surface area contributed by atoms with E-state index in [2.05, 4.69) is 0 Å². The molecule has 0 aliphatic carbocycles. The van der Waals surface area contributed by atoms with Gasteiger partial charge >= 0.3 is 233 Å². The summed E-state index contributed by atoms with van der Waals surface area (Å²) in [6, 6.07) is 0. The summed E-state index contributed by atoms with van der Waals surface area (Å²) >= 11 is 0. The predicted molar refractivity (Wildman–Crippen MR) is 39.3 cm³/mol. The fraction of sp³-hybridized carbons (Fsp3) is 1.00. The van der Waals surface area contributed by atoms with Gasteiger partial charge in [-0.2, -0.15) is 0 Å². The van der Waals surface area contributed by atoms with E-state index in [1.54, 1.807) is 0 Å². The fourth-order valence-corrected chi connectivity index (χ4v) is 3.41. The van der Waals surface area contributed by atoms with Gasteiger partial charge in [-0.1, -0.05) is 22.8 Å². The summed E-state index contributed by atoms with van der Waals surface area (Å²) < 4.78 is 30.8. The molecule has 0 unspecified atom stereocenters. The van der Waals surface area contributed by atoms with Crippen molar-refractivity contribution in [3.63, 3.8) is 0 Å². The molecule has 0 radical (unpaired) electrons. The maximum absolute atomic E-state index is 10.3. The van der Waals surface area contributed by atoms with Gasteiger partial charge in [-0.05, 0) is 0 Å². The summed E-state index contributed by atoms with van der Waals surface area (Å²) in [5.41, 5.74) is 0. The minimum absolute atomic E-state index is 0. The van der Waals surface area contributed by atoms with Crippen LogP contribution in [0.5, 0.6) is 0 Å². The second-order valence-corrected chi connectivity index (χ2v) is 7.44. The second-order valence-electron chi connectivity index (χ2n) is 2.93. The van der Waals surface area contributed by atoms with Gasteiger partial charge in [0.2, 0.25) is 0 Å². The number of hydrogen-bond acceptors (Lipinski definition) is 10. The van der Waals surface area contributed by atoms with Gasteiger partial charge in [0.25, 0.3) is 0 Å². The van der Waals surface area contributed by atoms with E-state index in [1.807, 2.05) is 0 Å². The fourth-order valence-electron chi connectivity index (χ4n) is 0.869. The average Bonchev–Trinajstić information content (AvgIpc) is 1.70. The predicted octanol–water partition coefficient (Wildman–Crippen LogP) is -17.1. The molecule has 0 rings (SSSR count). The van der Waals surface area contributed by atoms with Crippen LogP contribution in [0.2, 0.25) is 0 Å². The summed E-state index contributed by atoms with van der Waals surface area (Å²) in [5.74, 6) is 0. The number of nitrogens with zero attached hydrogens (tertiary/aromatic N) is 1. The van der Waals surface area contributed by atoms with Crippen LogP contribution in [0.25, 0.3) is 0 Å². The molecule has 0 aliphatic rings. The largest absolute Gasteiger partial charge is 2.00 e. The van der Waals surface area contributed by atoms with Gasteiger partial charge in [0.1, 0.15) is 0 Å². The second kappa shape index (κ2) is 19.8. The molecule has 0 heterocycles. The summed E-state index contributed by atoms with van der Waals surface area (Å²) in [6.07, 6.45) is -4.55. The molecule has 0 atom stereocenters. The van der Waals surface area contributed by atoms with E-state index in [1.165, 1.54) is 0 Å². The molecule has 0 aromatic heterocycles. The number of rotatable bonds is 6. The maximum Gasteiger partial charge on any atom is 2.00 e. The van der Waals surface area contributed by atoms with E-state index in [0.717, 1.165) is 0 Å². The van der Waals surface area contributed by atoms with Crippen molar-refractivity contribution in [3.05, 3.63) is 0 Å². The normalized spacial score (nSPS) is 11.0. The molecule has 0 saturated heterocycles. The molecule has 21 heavy (non-hydrogen) atoms.